The second-order valence-corrected chi connectivity index (χ2v) is 6.78. The first kappa shape index (κ1) is 14.9. The molecule has 3 atom stereocenters. The van der Waals surface area contributed by atoms with Crippen LogP contribution in [0.1, 0.15) is 57.1 Å². The molecule has 0 aliphatic heterocycles. The highest BCUT2D eigenvalue weighted by atomic mass is 16.5. The van der Waals surface area contributed by atoms with Crippen LogP contribution in [0.5, 0.6) is 5.75 Å². The number of ether oxygens (including phenoxy) is 1. The minimum Gasteiger partial charge on any atom is -0.497 e. The van der Waals surface area contributed by atoms with Crippen LogP contribution >= 0.6 is 0 Å². The molecule has 0 amide bonds. The fourth-order valence-corrected chi connectivity index (χ4v) is 5.11. The van der Waals surface area contributed by atoms with Gasteiger partial charge in [0.1, 0.15) is 5.75 Å². The molecule has 0 saturated heterocycles. The molecule has 21 heavy (non-hydrogen) atoms. The minimum atomic E-state index is 0.442. The summed E-state index contributed by atoms with van der Waals surface area (Å²) in [4.78, 5) is 0. The Morgan fingerprint density at radius 1 is 1.24 bits per heavy atom. The smallest absolute Gasteiger partial charge is 0.119 e. The third-order valence-electron chi connectivity index (χ3n) is 6.17. The van der Waals surface area contributed by atoms with Gasteiger partial charge >= 0.3 is 0 Å². The average Bonchev–Trinajstić information content (AvgIpc) is 2.84. The Morgan fingerprint density at radius 3 is 2.62 bits per heavy atom. The molecule has 1 fully saturated rings. The van der Waals surface area contributed by atoms with Gasteiger partial charge < -0.3 is 10.1 Å². The number of nitrogens with one attached hydrogen (secondary N) is 1. The normalized spacial score (nSPS) is 28.7. The van der Waals surface area contributed by atoms with Gasteiger partial charge in [-0.05, 0) is 72.7 Å². The lowest BCUT2D eigenvalue weighted by molar-refractivity contribution is -0.0378. The van der Waals surface area contributed by atoms with E-state index in [-0.39, 0.29) is 0 Å². The second-order valence-electron chi connectivity index (χ2n) is 6.78. The lowest BCUT2D eigenvalue weighted by Crippen LogP contribution is -2.63. The van der Waals surface area contributed by atoms with Gasteiger partial charge in [-0.25, -0.2) is 0 Å². The number of benzene rings is 1. The van der Waals surface area contributed by atoms with Crippen molar-refractivity contribution in [2.45, 2.75) is 58.4 Å². The summed E-state index contributed by atoms with van der Waals surface area (Å²) in [5.41, 5.74) is 3.56. The molecule has 3 unspecified atom stereocenters. The van der Waals surface area contributed by atoms with Gasteiger partial charge in [0, 0.05) is 6.04 Å². The van der Waals surface area contributed by atoms with Crippen molar-refractivity contribution in [2.24, 2.45) is 11.3 Å². The molecule has 0 spiro atoms. The van der Waals surface area contributed by atoms with Crippen molar-refractivity contribution in [3.63, 3.8) is 0 Å². The zero-order valence-corrected chi connectivity index (χ0v) is 13.9. The number of methoxy groups -OCH3 is 1. The van der Waals surface area contributed by atoms with E-state index in [0.717, 1.165) is 24.1 Å². The Morgan fingerprint density at radius 2 is 2.00 bits per heavy atom. The van der Waals surface area contributed by atoms with E-state index in [1.54, 1.807) is 18.2 Å². The zero-order chi connectivity index (χ0) is 15.0. The Hall–Kier alpha value is -1.02. The van der Waals surface area contributed by atoms with Crippen molar-refractivity contribution >= 4 is 0 Å². The Labute approximate surface area is 129 Å². The van der Waals surface area contributed by atoms with E-state index in [9.17, 15) is 0 Å². The summed E-state index contributed by atoms with van der Waals surface area (Å²) < 4.78 is 5.46. The van der Waals surface area contributed by atoms with Crippen molar-refractivity contribution < 1.29 is 4.74 Å². The van der Waals surface area contributed by atoms with Crippen LogP contribution in [0.4, 0.5) is 0 Å². The standard InChI is InChI=1S/C19H29NO/c1-5-10-20-18-16-11-13-8-9-14(21-4)12-15(13)17(16)19(18,6-2)7-3/h8-9,12,16-18,20H,5-7,10-11H2,1-4H3. The molecular weight excluding hydrogens is 258 g/mol. The van der Waals surface area contributed by atoms with E-state index in [1.807, 2.05) is 0 Å². The van der Waals surface area contributed by atoms with E-state index in [4.69, 9.17) is 4.74 Å². The highest BCUT2D eigenvalue weighted by Gasteiger charge is 2.62. The van der Waals surface area contributed by atoms with Crippen molar-refractivity contribution in [3.8, 4) is 5.75 Å². The fraction of sp³-hybridized carbons (Fsp3) is 0.684. The number of rotatable bonds is 6. The highest BCUT2D eigenvalue weighted by Crippen LogP contribution is 2.65. The van der Waals surface area contributed by atoms with Crippen LogP contribution in [-0.4, -0.2) is 19.7 Å². The molecule has 1 aromatic rings. The number of hydrogen-bond donors (Lipinski definition) is 1. The first-order valence-electron chi connectivity index (χ1n) is 8.62. The third kappa shape index (κ3) is 2.03. The van der Waals surface area contributed by atoms with Crippen molar-refractivity contribution in [1.29, 1.82) is 0 Å². The molecule has 2 heteroatoms. The van der Waals surface area contributed by atoms with Gasteiger partial charge in [-0.1, -0.05) is 26.8 Å². The van der Waals surface area contributed by atoms with E-state index in [1.165, 1.54) is 25.7 Å². The molecule has 0 aromatic heterocycles. The van der Waals surface area contributed by atoms with Crippen LogP contribution in [0, 0.1) is 11.3 Å². The molecule has 1 saturated carbocycles. The monoisotopic (exact) mass is 287 g/mol. The molecule has 3 rings (SSSR count). The Balaban J connectivity index is 1.94. The first-order chi connectivity index (χ1) is 10.2. The van der Waals surface area contributed by atoms with Crippen LogP contribution in [0.3, 0.4) is 0 Å². The fourth-order valence-electron chi connectivity index (χ4n) is 5.11. The molecule has 0 radical (unpaired) electrons. The topological polar surface area (TPSA) is 21.3 Å². The molecule has 1 N–H and O–H groups in total. The highest BCUT2D eigenvalue weighted by molar-refractivity contribution is 5.47. The van der Waals surface area contributed by atoms with E-state index >= 15 is 0 Å². The summed E-state index contributed by atoms with van der Waals surface area (Å²) in [5, 5.41) is 3.87. The van der Waals surface area contributed by atoms with Crippen molar-refractivity contribution in [3.05, 3.63) is 29.3 Å². The lowest BCUT2D eigenvalue weighted by atomic mass is 9.48. The van der Waals surface area contributed by atoms with Gasteiger partial charge in [0.05, 0.1) is 7.11 Å². The van der Waals surface area contributed by atoms with E-state index < -0.39 is 0 Å². The maximum Gasteiger partial charge on any atom is 0.119 e. The van der Waals surface area contributed by atoms with Crippen LogP contribution in [0.2, 0.25) is 0 Å². The van der Waals surface area contributed by atoms with Gasteiger partial charge in [-0.2, -0.15) is 0 Å². The summed E-state index contributed by atoms with van der Waals surface area (Å²) >= 11 is 0. The molecular formula is C19H29NO. The number of hydrogen-bond acceptors (Lipinski definition) is 2. The first-order valence-corrected chi connectivity index (χ1v) is 8.62. The summed E-state index contributed by atoms with van der Waals surface area (Å²) in [6.07, 6.45) is 5.00. The Kier molecular flexibility index (Phi) is 4.00. The van der Waals surface area contributed by atoms with E-state index in [0.29, 0.717) is 11.5 Å². The quantitative estimate of drug-likeness (QED) is 0.849. The maximum absolute atomic E-state index is 5.46. The summed E-state index contributed by atoms with van der Waals surface area (Å²) in [6, 6.07) is 7.41. The molecule has 2 aliphatic rings. The molecule has 116 valence electrons. The van der Waals surface area contributed by atoms with Crippen LogP contribution in [0.25, 0.3) is 0 Å². The van der Waals surface area contributed by atoms with E-state index in [2.05, 4.69) is 44.3 Å². The van der Waals surface area contributed by atoms with Crippen molar-refractivity contribution in [1.82, 2.24) is 5.32 Å². The maximum atomic E-state index is 5.46. The van der Waals surface area contributed by atoms with Crippen molar-refractivity contribution in [2.75, 3.05) is 13.7 Å². The van der Waals surface area contributed by atoms with Crippen LogP contribution < -0.4 is 10.1 Å². The molecule has 0 heterocycles. The predicted molar refractivity (Wildman–Crippen MR) is 88.0 cm³/mol. The molecule has 2 nitrogen and oxygen atoms in total. The molecule has 2 aliphatic carbocycles. The van der Waals surface area contributed by atoms with Gasteiger partial charge in [-0.3, -0.25) is 0 Å². The zero-order valence-electron chi connectivity index (χ0n) is 13.9. The third-order valence-corrected chi connectivity index (χ3v) is 6.17. The summed E-state index contributed by atoms with van der Waals surface area (Å²) in [6.45, 7) is 8.16. The second kappa shape index (κ2) is 5.64. The van der Waals surface area contributed by atoms with Gasteiger partial charge in [-0.15, -0.1) is 0 Å². The van der Waals surface area contributed by atoms with Gasteiger partial charge in [0.25, 0.3) is 0 Å². The van der Waals surface area contributed by atoms with Crippen LogP contribution in [-0.2, 0) is 6.42 Å². The molecule has 0 bridgehead atoms. The predicted octanol–water partition coefficient (Wildman–Crippen LogP) is 4.14. The van der Waals surface area contributed by atoms with Gasteiger partial charge in [0.2, 0.25) is 0 Å². The van der Waals surface area contributed by atoms with Gasteiger partial charge in [0.15, 0.2) is 0 Å². The minimum absolute atomic E-state index is 0.442. The summed E-state index contributed by atoms with van der Waals surface area (Å²) in [5.74, 6) is 2.53. The largest absolute Gasteiger partial charge is 0.497 e. The number of fused-ring (bicyclic) bond motifs is 3. The average molecular weight is 287 g/mol. The Bertz CT molecular complexity index is 506. The lowest BCUT2D eigenvalue weighted by Gasteiger charge is -2.60. The van der Waals surface area contributed by atoms with Crippen LogP contribution in [0.15, 0.2) is 18.2 Å². The molecule has 1 aromatic carbocycles. The SMILES string of the molecule is CCCNC1C2Cc3ccc(OC)cc3C2C1(CC)CC. The summed E-state index contributed by atoms with van der Waals surface area (Å²) in [7, 11) is 1.77.